The molecule has 0 heterocycles. The summed E-state index contributed by atoms with van der Waals surface area (Å²) in [4.78, 5) is 13.9. The predicted molar refractivity (Wildman–Crippen MR) is 70.9 cm³/mol. The number of hydrogen-bond donors (Lipinski definition) is 2. The lowest BCUT2D eigenvalue weighted by Crippen LogP contribution is -2.54. The molecule has 2 atom stereocenters. The minimum Gasteiger partial charge on any atom is -0.383 e. The number of carbonyl (C=O) groups excluding carboxylic acids is 1. The van der Waals surface area contributed by atoms with E-state index in [-0.39, 0.29) is 18.0 Å². The van der Waals surface area contributed by atoms with E-state index in [9.17, 15) is 4.79 Å². The number of rotatable bonds is 10. The van der Waals surface area contributed by atoms with Crippen molar-refractivity contribution < 1.29 is 14.3 Å². The van der Waals surface area contributed by atoms with Gasteiger partial charge in [0, 0.05) is 26.8 Å². The number of ether oxygens (including phenoxy) is 2. The standard InChI is InChI=1S/C12H27N3O3/c1-5-6-11(12(16)14-13)15(7-8-17-3)10(2)9-18-4/h10-11H,5-9,13H2,1-4H3,(H,14,16). The summed E-state index contributed by atoms with van der Waals surface area (Å²) in [6, 6.07) is -0.0979. The van der Waals surface area contributed by atoms with E-state index in [1.807, 2.05) is 13.8 Å². The lowest BCUT2D eigenvalue weighted by molar-refractivity contribution is -0.128. The van der Waals surface area contributed by atoms with E-state index < -0.39 is 0 Å². The van der Waals surface area contributed by atoms with E-state index in [2.05, 4.69) is 10.3 Å². The average Bonchev–Trinajstić information content (AvgIpc) is 2.37. The Morgan fingerprint density at radius 3 is 2.50 bits per heavy atom. The third kappa shape index (κ3) is 5.77. The Hall–Kier alpha value is -0.690. The van der Waals surface area contributed by atoms with Crippen LogP contribution in [0.5, 0.6) is 0 Å². The Balaban J connectivity index is 4.77. The fraction of sp³-hybridized carbons (Fsp3) is 0.917. The lowest BCUT2D eigenvalue weighted by Gasteiger charge is -2.34. The van der Waals surface area contributed by atoms with Crippen LogP contribution in [0.15, 0.2) is 0 Å². The van der Waals surface area contributed by atoms with Gasteiger partial charge in [-0.25, -0.2) is 5.84 Å². The van der Waals surface area contributed by atoms with Crippen LogP contribution in [0, 0.1) is 0 Å². The number of carbonyl (C=O) groups is 1. The second-order valence-corrected chi connectivity index (χ2v) is 4.35. The van der Waals surface area contributed by atoms with Gasteiger partial charge in [-0.3, -0.25) is 15.1 Å². The van der Waals surface area contributed by atoms with Crippen LogP contribution >= 0.6 is 0 Å². The van der Waals surface area contributed by atoms with Gasteiger partial charge in [-0.1, -0.05) is 13.3 Å². The van der Waals surface area contributed by atoms with Crippen molar-refractivity contribution in [1.82, 2.24) is 10.3 Å². The van der Waals surface area contributed by atoms with E-state index in [1.54, 1.807) is 14.2 Å². The highest BCUT2D eigenvalue weighted by Crippen LogP contribution is 2.12. The molecule has 1 amide bonds. The maximum Gasteiger partial charge on any atom is 0.251 e. The van der Waals surface area contributed by atoms with Crippen LogP contribution in [-0.4, -0.2) is 56.9 Å². The zero-order valence-corrected chi connectivity index (χ0v) is 11.9. The summed E-state index contributed by atoms with van der Waals surface area (Å²) >= 11 is 0. The quantitative estimate of drug-likeness (QED) is 0.332. The number of nitrogens with zero attached hydrogens (tertiary/aromatic N) is 1. The first-order valence-electron chi connectivity index (χ1n) is 6.36. The summed E-state index contributed by atoms with van der Waals surface area (Å²) in [5, 5.41) is 0. The zero-order chi connectivity index (χ0) is 14.0. The van der Waals surface area contributed by atoms with E-state index in [0.717, 1.165) is 12.8 Å². The average molecular weight is 261 g/mol. The highest BCUT2D eigenvalue weighted by molar-refractivity contribution is 5.81. The van der Waals surface area contributed by atoms with Crippen molar-refractivity contribution in [3.8, 4) is 0 Å². The number of methoxy groups -OCH3 is 2. The van der Waals surface area contributed by atoms with Crippen LogP contribution in [0.3, 0.4) is 0 Å². The normalized spacial score (nSPS) is 14.6. The SMILES string of the molecule is CCCC(C(=O)NN)N(CCOC)C(C)COC. The summed E-state index contributed by atoms with van der Waals surface area (Å²) in [5.74, 6) is 5.10. The first-order chi connectivity index (χ1) is 8.62. The molecule has 0 bridgehead atoms. The van der Waals surface area contributed by atoms with Crippen LogP contribution in [0.4, 0.5) is 0 Å². The van der Waals surface area contributed by atoms with Crippen molar-refractivity contribution in [3.63, 3.8) is 0 Å². The minimum atomic E-state index is -0.236. The Bertz CT molecular complexity index is 227. The van der Waals surface area contributed by atoms with Gasteiger partial charge in [0.15, 0.2) is 0 Å². The molecule has 0 saturated carbocycles. The molecule has 18 heavy (non-hydrogen) atoms. The number of nitrogens with two attached hydrogens (primary N) is 1. The second-order valence-electron chi connectivity index (χ2n) is 4.35. The number of hydrazine groups is 1. The summed E-state index contributed by atoms with van der Waals surface area (Å²) in [7, 11) is 3.31. The van der Waals surface area contributed by atoms with E-state index in [0.29, 0.717) is 19.8 Å². The van der Waals surface area contributed by atoms with Crippen molar-refractivity contribution in [1.29, 1.82) is 0 Å². The van der Waals surface area contributed by atoms with E-state index >= 15 is 0 Å². The first kappa shape index (κ1) is 17.3. The van der Waals surface area contributed by atoms with Crippen molar-refractivity contribution in [3.05, 3.63) is 0 Å². The highest BCUT2D eigenvalue weighted by atomic mass is 16.5. The van der Waals surface area contributed by atoms with Gasteiger partial charge < -0.3 is 9.47 Å². The van der Waals surface area contributed by atoms with E-state index in [1.165, 1.54) is 0 Å². The van der Waals surface area contributed by atoms with Gasteiger partial charge in [0.2, 0.25) is 0 Å². The van der Waals surface area contributed by atoms with Gasteiger partial charge in [-0.2, -0.15) is 0 Å². The lowest BCUT2D eigenvalue weighted by atomic mass is 10.1. The predicted octanol–water partition coefficient (Wildman–Crippen LogP) is 0.128. The maximum atomic E-state index is 11.9. The molecule has 0 spiro atoms. The van der Waals surface area contributed by atoms with Gasteiger partial charge in [-0.15, -0.1) is 0 Å². The van der Waals surface area contributed by atoms with Gasteiger partial charge >= 0.3 is 0 Å². The molecule has 0 aliphatic heterocycles. The third-order valence-corrected chi connectivity index (χ3v) is 2.93. The molecule has 3 N–H and O–H groups in total. The van der Waals surface area contributed by atoms with Gasteiger partial charge in [0.05, 0.1) is 19.3 Å². The fourth-order valence-corrected chi connectivity index (χ4v) is 2.03. The number of nitrogens with one attached hydrogen (secondary N) is 1. The monoisotopic (exact) mass is 261 g/mol. The first-order valence-corrected chi connectivity index (χ1v) is 6.36. The molecule has 108 valence electrons. The van der Waals surface area contributed by atoms with Crippen LogP contribution < -0.4 is 11.3 Å². The summed E-state index contributed by atoms with van der Waals surface area (Å²) in [5.41, 5.74) is 2.24. The van der Waals surface area contributed by atoms with Crippen molar-refractivity contribution in [2.75, 3.05) is 34.0 Å². The fourth-order valence-electron chi connectivity index (χ4n) is 2.03. The zero-order valence-electron chi connectivity index (χ0n) is 11.9. The Morgan fingerprint density at radius 1 is 1.39 bits per heavy atom. The summed E-state index contributed by atoms with van der Waals surface area (Å²) < 4.78 is 10.3. The molecule has 0 saturated heterocycles. The van der Waals surface area contributed by atoms with Crippen molar-refractivity contribution in [2.24, 2.45) is 5.84 Å². The molecular formula is C12H27N3O3. The minimum absolute atomic E-state index is 0.138. The molecular weight excluding hydrogens is 234 g/mol. The number of amides is 1. The smallest absolute Gasteiger partial charge is 0.251 e. The molecule has 0 aromatic heterocycles. The van der Waals surface area contributed by atoms with E-state index in [4.69, 9.17) is 15.3 Å². The topological polar surface area (TPSA) is 76.8 Å². The van der Waals surface area contributed by atoms with Gasteiger partial charge in [-0.05, 0) is 13.3 Å². The number of hydrogen-bond acceptors (Lipinski definition) is 5. The summed E-state index contributed by atoms with van der Waals surface area (Å²) in [6.07, 6.45) is 1.68. The van der Waals surface area contributed by atoms with Crippen molar-refractivity contribution >= 4 is 5.91 Å². The molecule has 0 radical (unpaired) electrons. The molecule has 0 aliphatic rings. The second kappa shape index (κ2) is 10.3. The molecule has 0 aromatic rings. The van der Waals surface area contributed by atoms with Crippen molar-refractivity contribution in [2.45, 2.75) is 38.8 Å². The molecule has 0 rings (SSSR count). The van der Waals surface area contributed by atoms with Crippen LogP contribution in [0.25, 0.3) is 0 Å². The molecule has 6 nitrogen and oxygen atoms in total. The largest absolute Gasteiger partial charge is 0.383 e. The van der Waals surface area contributed by atoms with Gasteiger partial charge in [0.1, 0.15) is 0 Å². The van der Waals surface area contributed by atoms with Crippen LogP contribution in [0.2, 0.25) is 0 Å². The Morgan fingerprint density at radius 2 is 2.06 bits per heavy atom. The molecule has 2 unspecified atom stereocenters. The molecule has 0 aliphatic carbocycles. The van der Waals surface area contributed by atoms with Crippen LogP contribution in [-0.2, 0) is 14.3 Å². The molecule has 0 aromatic carbocycles. The Labute approximate surface area is 110 Å². The highest BCUT2D eigenvalue weighted by Gasteiger charge is 2.28. The summed E-state index contributed by atoms with van der Waals surface area (Å²) in [6.45, 7) is 5.91. The maximum absolute atomic E-state index is 11.9. The van der Waals surface area contributed by atoms with Crippen LogP contribution in [0.1, 0.15) is 26.7 Å². The third-order valence-electron chi connectivity index (χ3n) is 2.93. The molecule has 6 heteroatoms. The Kier molecular flexibility index (Phi) is 9.86. The van der Waals surface area contributed by atoms with Gasteiger partial charge in [0.25, 0.3) is 5.91 Å². The molecule has 0 fully saturated rings.